The summed E-state index contributed by atoms with van der Waals surface area (Å²) in [7, 11) is 0. The molecule has 0 aromatic rings. The van der Waals surface area contributed by atoms with Crippen LogP contribution in [0.25, 0.3) is 0 Å². The third kappa shape index (κ3) is 9.64. The van der Waals surface area contributed by atoms with Gasteiger partial charge in [-0.15, -0.1) is 0 Å². The molecule has 0 heterocycles. The Labute approximate surface area is 119 Å². The van der Waals surface area contributed by atoms with Gasteiger partial charge >= 0.3 is 12.0 Å². The molecule has 6 heteroatoms. The van der Waals surface area contributed by atoms with Gasteiger partial charge in [0.05, 0.1) is 0 Å². The number of carbonyl (C=O) groups is 2. The molecule has 0 rings (SSSR count). The van der Waals surface area contributed by atoms with E-state index >= 15 is 0 Å². The Hall–Kier alpha value is -0.910. The van der Waals surface area contributed by atoms with E-state index in [-0.39, 0.29) is 12.0 Å². The van der Waals surface area contributed by atoms with E-state index in [2.05, 4.69) is 17.6 Å². The fourth-order valence-corrected chi connectivity index (χ4v) is 2.40. The van der Waals surface area contributed by atoms with Gasteiger partial charge in [-0.3, -0.25) is 0 Å². The maximum absolute atomic E-state index is 11.7. The maximum atomic E-state index is 11.7. The minimum absolute atomic E-state index is 0.0487. The highest BCUT2D eigenvalue weighted by molar-refractivity contribution is 7.99. The number of amides is 2. The molecule has 3 N–H and O–H groups in total. The van der Waals surface area contributed by atoms with Gasteiger partial charge in [0.25, 0.3) is 0 Å². The van der Waals surface area contributed by atoms with E-state index in [1.54, 1.807) is 0 Å². The van der Waals surface area contributed by atoms with Gasteiger partial charge in [0.15, 0.2) is 0 Å². The normalized spacial score (nSPS) is 13.9. The second-order valence-electron chi connectivity index (χ2n) is 5.02. The summed E-state index contributed by atoms with van der Waals surface area (Å²) in [6, 6.07) is -1.17. The van der Waals surface area contributed by atoms with Crippen LogP contribution in [0.2, 0.25) is 0 Å². The van der Waals surface area contributed by atoms with Crippen molar-refractivity contribution in [1.29, 1.82) is 0 Å². The molecular weight excluding hydrogens is 264 g/mol. The summed E-state index contributed by atoms with van der Waals surface area (Å²) in [4.78, 5) is 22.7. The second-order valence-corrected chi connectivity index (χ2v) is 6.42. The van der Waals surface area contributed by atoms with Gasteiger partial charge in [0.1, 0.15) is 6.04 Å². The number of hydrogen-bond acceptors (Lipinski definition) is 3. The largest absolute Gasteiger partial charge is 0.480 e. The van der Waals surface area contributed by atoms with E-state index in [9.17, 15) is 9.59 Å². The van der Waals surface area contributed by atoms with Crippen LogP contribution in [0.1, 0.15) is 40.5 Å². The Balaban J connectivity index is 4.08. The predicted octanol–water partition coefficient (Wildman–Crippen LogP) is 2.32. The lowest BCUT2D eigenvalue weighted by Gasteiger charge is -2.19. The van der Waals surface area contributed by atoms with Gasteiger partial charge in [0, 0.05) is 6.04 Å². The van der Waals surface area contributed by atoms with Crippen molar-refractivity contribution in [3.05, 3.63) is 0 Å². The number of thioether (sulfide) groups is 1. The number of aliphatic carboxylic acids is 1. The molecule has 0 spiro atoms. The van der Waals surface area contributed by atoms with E-state index in [1.165, 1.54) is 0 Å². The Bertz CT molecular complexity index is 285. The van der Waals surface area contributed by atoms with Crippen LogP contribution in [0.3, 0.4) is 0 Å². The fraction of sp³-hybridized carbons (Fsp3) is 0.846. The fourth-order valence-electron chi connectivity index (χ4n) is 1.59. The summed E-state index contributed by atoms with van der Waals surface area (Å²) in [6.07, 6.45) is 1.32. The number of urea groups is 1. The Morgan fingerprint density at radius 1 is 1.21 bits per heavy atom. The third-order valence-electron chi connectivity index (χ3n) is 2.59. The molecule has 112 valence electrons. The van der Waals surface area contributed by atoms with Gasteiger partial charge in [-0.05, 0) is 37.2 Å². The van der Waals surface area contributed by atoms with Crippen LogP contribution in [0.5, 0.6) is 0 Å². The lowest BCUT2D eigenvalue weighted by molar-refractivity contribution is -0.139. The molecule has 0 fully saturated rings. The van der Waals surface area contributed by atoms with Crippen molar-refractivity contribution >= 4 is 23.8 Å². The standard InChI is InChI=1S/C13H26N2O3S/c1-5-19-7-6-10(4)14-13(18)15-11(12(16)17)8-9(2)3/h9-11H,5-8H2,1-4H3,(H,16,17)(H2,14,15,18)/t10?,11-/m1/s1. The summed E-state index contributed by atoms with van der Waals surface area (Å²) < 4.78 is 0. The van der Waals surface area contributed by atoms with Gasteiger partial charge in [-0.2, -0.15) is 11.8 Å². The van der Waals surface area contributed by atoms with Crippen molar-refractivity contribution in [2.45, 2.75) is 52.6 Å². The topological polar surface area (TPSA) is 78.4 Å². The highest BCUT2D eigenvalue weighted by Gasteiger charge is 2.21. The maximum Gasteiger partial charge on any atom is 0.326 e. The van der Waals surface area contributed by atoms with E-state index in [1.807, 2.05) is 32.5 Å². The molecule has 0 saturated heterocycles. The molecular formula is C13H26N2O3S. The molecule has 5 nitrogen and oxygen atoms in total. The van der Waals surface area contributed by atoms with Crippen LogP contribution < -0.4 is 10.6 Å². The molecule has 0 bridgehead atoms. The minimum atomic E-state index is -0.988. The van der Waals surface area contributed by atoms with Crippen molar-refractivity contribution < 1.29 is 14.7 Å². The number of carboxylic acids is 1. The average molecular weight is 290 g/mol. The van der Waals surface area contributed by atoms with Crippen LogP contribution in [-0.2, 0) is 4.79 Å². The zero-order chi connectivity index (χ0) is 14.8. The van der Waals surface area contributed by atoms with E-state index in [0.29, 0.717) is 6.42 Å². The van der Waals surface area contributed by atoms with Crippen LogP contribution in [-0.4, -0.2) is 40.7 Å². The highest BCUT2D eigenvalue weighted by atomic mass is 32.2. The van der Waals surface area contributed by atoms with Crippen molar-refractivity contribution in [1.82, 2.24) is 10.6 Å². The quantitative estimate of drug-likeness (QED) is 0.569. The monoisotopic (exact) mass is 290 g/mol. The number of carbonyl (C=O) groups excluding carboxylic acids is 1. The molecule has 2 atom stereocenters. The third-order valence-corrected chi connectivity index (χ3v) is 3.52. The lowest BCUT2D eigenvalue weighted by Crippen LogP contribution is -2.48. The molecule has 0 aromatic carbocycles. The molecule has 0 aliphatic heterocycles. The van der Waals surface area contributed by atoms with Crippen molar-refractivity contribution in [2.75, 3.05) is 11.5 Å². The molecule has 19 heavy (non-hydrogen) atoms. The Morgan fingerprint density at radius 3 is 2.32 bits per heavy atom. The van der Waals surface area contributed by atoms with Crippen molar-refractivity contribution in [3.63, 3.8) is 0 Å². The summed E-state index contributed by atoms with van der Waals surface area (Å²) in [5.74, 6) is 1.29. The van der Waals surface area contributed by atoms with Crippen LogP contribution in [0.4, 0.5) is 4.79 Å². The van der Waals surface area contributed by atoms with Crippen LogP contribution in [0.15, 0.2) is 0 Å². The minimum Gasteiger partial charge on any atom is -0.480 e. The van der Waals surface area contributed by atoms with Gasteiger partial charge in [-0.25, -0.2) is 9.59 Å². The summed E-state index contributed by atoms with van der Waals surface area (Å²) >= 11 is 1.82. The zero-order valence-electron chi connectivity index (χ0n) is 12.2. The molecule has 0 aromatic heterocycles. The summed E-state index contributed by atoms with van der Waals surface area (Å²) in [5, 5.41) is 14.3. The lowest BCUT2D eigenvalue weighted by atomic mass is 10.0. The van der Waals surface area contributed by atoms with Gasteiger partial charge in [-0.1, -0.05) is 20.8 Å². The average Bonchev–Trinajstić information content (AvgIpc) is 2.27. The van der Waals surface area contributed by atoms with E-state index < -0.39 is 18.0 Å². The van der Waals surface area contributed by atoms with Crippen LogP contribution in [0, 0.1) is 5.92 Å². The van der Waals surface area contributed by atoms with E-state index in [4.69, 9.17) is 5.11 Å². The summed E-state index contributed by atoms with van der Waals surface area (Å²) in [6.45, 7) is 7.88. The SMILES string of the molecule is CCSCCC(C)NC(=O)N[C@H](CC(C)C)C(=O)O. The smallest absolute Gasteiger partial charge is 0.326 e. The molecule has 0 saturated carbocycles. The Kier molecular flexibility index (Phi) is 9.47. The van der Waals surface area contributed by atoms with E-state index in [0.717, 1.165) is 17.9 Å². The summed E-state index contributed by atoms with van der Waals surface area (Å²) in [5.41, 5.74) is 0. The Morgan fingerprint density at radius 2 is 1.84 bits per heavy atom. The number of hydrogen-bond donors (Lipinski definition) is 3. The molecule has 0 aliphatic rings. The molecule has 2 amide bonds. The molecule has 1 unspecified atom stereocenters. The number of rotatable bonds is 9. The number of nitrogens with one attached hydrogen (secondary N) is 2. The van der Waals surface area contributed by atoms with Gasteiger partial charge < -0.3 is 15.7 Å². The first kappa shape index (κ1) is 18.1. The molecule has 0 radical (unpaired) electrons. The van der Waals surface area contributed by atoms with Gasteiger partial charge in [0.2, 0.25) is 0 Å². The second kappa shape index (κ2) is 9.95. The molecule has 0 aliphatic carbocycles. The van der Waals surface area contributed by atoms with Crippen LogP contribution >= 0.6 is 11.8 Å². The zero-order valence-corrected chi connectivity index (χ0v) is 13.0. The first-order chi connectivity index (χ1) is 8.86. The van der Waals surface area contributed by atoms with Crippen molar-refractivity contribution in [2.24, 2.45) is 5.92 Å². The number of carboxylic acid groups (broad SMARTS) is 1. The first-order valence-corrected chi connectivity index (χ1v) is 7.89. The first-order valence-electron chi connectivity index (χ1n) is 6.74. The van der Waals surface area contributed by atoms with Crippen molar-refractivity contribution in [3.8, 4) is 0 Å². The highest BCUT2D eigenvalue weighted by Crippen LogP contribution is 2.06. The predicted molar refractivity (Wildman–Crippen MR) is 79.6 cm³/mol.